The van der Waals surface area contributed by atoms with Crippen LogP contribution in [-0.4, -0.2) is 61.5 Å². The molecule has 1 aromatic heterocycles. The lowest BCUT2D eigenvalue weighted by Gasteiger charge is -2.44. The molecule has 2 fully saturated rings. The van der Waals surface area contributed by atoms with E-state index in [0.29, 0.717) is 59.8 Å². The van der Waals surface area contributed by atoms with E-state index in [-0.39, 0.29) is 59.4 Å². The second-order valence-corrected chi connectivity index (χ2v) is 20.8. The van der Waals surface area contributed by atoms with Crippen molar-refractivity contribution in [2.24, 2.45) is 28.2 Å². The number of carbonyl (C=O) groups excluding carboxylic acids is 2. The molecule has 12 heteroatoms. The number of aliphatic hydroxyl groups excluding tert-OH is 2. The van der Waals surface area contributed by atoms with Crippen LogP contribution in [0.1, 0.15) is 132 Å². The summed E-state index contributed by atoms with van der Waals surface area (Å²) in [6.45, 7) is 2.05. The van der Waals surface area contributed by atoms with Crippen molar-refractivity contribution < 1.29 is 34.8 Å². The quantitative estimate of drug-likeness (QED) is 0.0579. The average molecular weight is 890 g/mol. The van der Waals surface area contributed by atoms with Crippen molar-refractivity contribution in [1.29, 1.82) is 0 Å². The highest BCUT2D eigenvalue weighted by Gasteiger charge is 2.58. The normalized spacial score (nSPS) is 25.8. The lowest BCUT2D eigenvalue weighted by Crippen LogP contribution is -2.38. The minimum Gasteiger partial charge on any atom is -0.508 e. The Bertz CT molecular complexity index is 2430. The molecule has 0 amide bonds. The number of ketones is 2. The summed E-state index contributed by atoms with van der Waals surface area (Å²) in [6.07, 6.45) is 11.3. The van der Waals surface area contributed by atoms with E-state index in [2.05, 4.69) is 29.0 Å². The fraction of sp³-hybridized carbons (Fsp3) is 0.451. The number of rotatable bonds is 5. The Hall–Kier alpha value is -4.48. The number of hydrogen-bond acceptors (Lipinski definition) is 11. The monoisotopic (exact) mass is 889 g/mol. The zero-order valence-electron chi connectivity index (χ0n) is 35.9. The Labute approximate surface area is 378 Å². The molecule has 2 heterocycles. The van der Waals surface area contributed by atoms with Crippen LogP contribution in [0.15, 0.2) is 72.9 Å². The zero-order chi connectivity index (χ0) is 44.3. The van der Waals surface area contributed by atoms with E-state index < -0.39 is 18.2 Å². The topological polar surface area (TPSA) is 192 Å². The van der Waals surface area contributed by atoms with Crippen LogP contribution >= 0.6 is 21.6 Å². The van der Waals surface area contributed by atoms with Crippen LogP contribution in [0.3, 0.4) is 0 Å². The molecule has 1 aliphatic heterocycles. The number of nitrogens with two attached hydrogens (primary N) is 2. The molecule has 0 saturated heterocycles. The van der Waals surface area contributed by atoms with Gasteiger partial charge < -0.3 is 41.6 Å². The number of H-pyrrole nitrogens is 1. The number of benzene rings is 3. The van der Waals surface area contributed by atoms with E-state index >= 15 is 0 Å². The Morgan fingerprint density at radius 3 is 2.60 bits per heavy atom. The summed E-state index contributed by atoms with van der Waals surface area (Å²) >= 11 is 0. The van der Waals surface area contributed by atoms with E-state index in [4.69, 9.17) is 16.2 Å². The van der Waals surface area contributed by atoms with E-state index in [1.807, 2.05) is 31.2 Å². The maximum atomic E-state index is 14.2. The van der Waals surface area contributed by atoms with E-state index in [1.54, 1.807) is 58.1 Å². The van der Waals surface area contributed by atoms with E-state index in [0.717, 1.165) is 77.8 Å². The van der Waals surface area contributed by atoms with Gasteiger partial charge in [0.05, 0.1) is 31.4 Å². The number of phenolic OH excluding ortho intramolecular Hbond substituents is 2. The van der Waals surface area contributed by atoms with Gasteiger partial charge in [-0.05, 0) is 127 Å². The molecular weight excluding hydrogens is 831 g/mol. The van der Waals surface area contributed by atoms with Gasteiger partial charge in [0.1, 0.15) is 5.75 Å². The molecule has 0 radical (unpaired) electrons. The molecule has 2 saturated carbocycles. The van der Waals surface area contributed by atoms with Gasteiger partial charge in [-0.2, -0.15) is 0 Å². The third-order valence-corrected chi connectivity index (χ3v) is 16.5. The van der Waals surface area contributed by atoms with E-state index in [1.165, 1.54) is 0 Å². The number of aliphatic hydroxyl groups is 2. The summed E-state index contributed by atoms with van der Waals surface area (Å²) in [4.78, 5) is 30.9. The molecule has 3 aromatic carbocycles. The maximum Gasteiger partial charge on any atom is 0.165 e. The Morgan fingerprint density at radius 2 is 1.79 bits per heavy atom. The van der Waals surface area contributed by atoms with Crippen molar-refractivity contribution in [3.05, 3.63) is 123 Å². The van der Waals surface area contributed by atoms with Gasteiger partial charge in [-0.25, -0.2) is 0 Å². The molecule has 3 aliphatic carbocycles. The number of Topliss-reactive ketones (excluding diaryl/α,β-unsaturated/α-hetero) is 1. The average Bonchev–Trinajstić information content (AvgIpc) is 3.82. The van der Waals surface area contributed by atoms with Gasteiger partial charge in [0.25, 0.3) is 0 Å². The van der Waals surface area contributed by atoms with Gasteiger partial charge in [0.15, 0.2) is 23.1 Å². The highest BCUT2D eigenvalue weighted by molar-refractivity contribution is 8.76. The third-order valence-electron chi connectivity index (χ3n) is 14.0. The van der Waals surface area contributed by atoms with Crippen molar-refractivity contribution in [1.82, 2.24) is 4.98 Å². The Kier molecular flexibility index (Phi) is 13.8. The van der Waals surface area contributed by atoms with Crippen LogP contribution in [0.25, 0.3) is 0 Å². The first kappa shape index (κ1) is 45.1. The molecule has 63 heavy (non-hydrogen) atoms. The molecule has 10 nitrogen and oxygen atoms in total. The van der Waals surface area contributed by atoms with Gasteiger partial charge in [-0.1, -0.05) is 70.2 Å². The first-order valence-electron chi connectivity index (χ1n) is 22.3. The number of nitrogens with one attached hydrogen (secondary N) is 1. The number of aryl methyl sites for hydroxylation is 1. The lowest BCUT2D eigenvalue weighted by atomic mass is 9.62. The van der Waals surface area contributed by atoms with Crippen molar-refractivity contribution in [3.63, 3.8) is 0 Å². The number of hydrogen-bond donors (Lipinski definition) is 7. The molecule has 0 spiro atoms. The van der Waals surface area contributed by atoms with Crippen LogP contribution in [0.2, 0.25) is 0 Å². The number of fused-ring (bicyclic) bond motifs is 7. The number of ether oxygens (including phenoxy) is 1. The van der Waals surface area contributed by atoms with Crippen LogP contribution in [0.5, 0.6) is 17.2 Å². The number of phenols is 2. The smallest absolute Gasteiger partial charge is 0.165 e. The minimum atomic E-state index is -0.787. The summed E-state index contributed by atoms with van der Waals surface area (Å²) in [5, 5.41) is 44.3. The predicted octanol–water partition coefficient (Wildman–Crippen LogP) is 8.32. The molecule has 6 atom stereocenters. The van der Waals surface area contributed by atoms with Gasteiger partial charge >= 0.3 is 0 Å². The fourth-order valence-electron chi connectivity index (χ4n) is 10.6. The second kappa shape index (κ2) is 19.3. The number of aromatic nitrogens is 1. The van der Waals surface area contributed by atoms with Crippen LogP contribution < -0.4 is 16.2 Å². The predicted molar refractivity (Wildman–Crippen MR) is 250 cm³/mol. The first-order chi connectivity index (χ1) is 30.3. The van der Waals surface area contributed by atoms with Gasteiger partial charge in [0.2, 0.25) is 0 Å². The molecule has 8 bridgehead atoms. The summed E-state index contributed by atoms with van der Waals surface area (Å²) in [7, 11) is 3.42. The largest absolute Gasteiger partial charge is 0.508 e. The molecule has 4 aromatic rings. The van der Waals surface area contributed by atoms with Gasteiger partial charge in [-0.3, -0.25) is 9.59 Å². The SMILES string of the molecule is CC(O)CCCC1CCC23CSSCc4cc5c(cc4C(N)N)C#CCc4[nH]ccc4C(=O)CC5c4cc(ccc4O)CCOc4cc(ccc4O)CCC(=O)C=CC1(CC2O)C3. The van der Waals surface area contributed by atoms with E-state index in [9.17, 15) is 30.0 Å². The second-order valence-electron chi connectivity index (χ2n) is 18.3. The highest BCUT2D eigenvalue weighted by atomic mass is 33.1. The highest BCUT2D eigenvalue weighted by Crippen LogP contribution is 2.64. The maximum absolute atomic E-state index is 14.2. The molecule has 9 N–H and O–H groups in total. The molecule has 6 unspecified atom stereocenters. The summed E-state index contributed by atoms with van der Waals surface area (Å²) in [5.74, 6) is 7.99. The Morgan fingerprint density at radius 1 is 0.984 bits per heavy atom. The summed E-state index contributed by atoms with van der Waals surface area (Å²) < 4.78 is 6.14. The lowest BCUT2D eigenvalue weighted by molar-refractivity contribution is -0.114. The standard InChI is InChI=1S/C51H59N3O7S2/c1-31(55)4-2-6-36-14-18-51-29-50(36,27-48(51)60)19-15-37(56)11-8-32-10-13-45(58)47(23-32)61-21-17-33-9-12-44(57)42(22-33)41-26-46(59)38-16-20-54-43(38)7-3-5-34-24-40(49(52)53)35(25-39(34)41)28-62-63-30-51/h9-10,12-13,15-16,19-20,22-25,31,36,41,48-49,54-55,57-58,60H,2,4,6-8,11,14,17-18,21,26-30,52-53H2,1H3. The minimum absolute atomic E-state index is 0.000546. The molecule has 4 aliphatic rings. The van der Waals surface area contributed by atoms with Crippen molar-refractivity contribution in [2.45, 2.75) is 114 Å². The summed E-state index contributed by atoms with van der Waals surface area (Å²) in [6, 6.07) is 16.4. The fourth-order valence-corrected chi connectivity index (χ4v) is 13.4. The first-order valence-corrected chi connectivity index (χ1v) is 24.8. The molecule has 332 valence electrons. The molecular formula is C51H59N3O7S2. The Balaban J connectivity index is 1.18. The number of aromatic hydroxyl groups is 2. The van der Waals surface area contributed by atoms with Crippen LogP contribution in [-0.2, 0) is 29.8 Å². The van der Waals surface area contributed by atoms with Crippen molar-refractivity contribution in [2.75, 3.05) is 12.4 Å². The number of allylic oxidation sites excluding steroid dienone is 2. The third kappa shape index (κ3) is 9.95. The van der Waals surface area contributed by atoms with Crippen molar-refractivity contribution in [3.8, 4) is 29.1 Å². The number of carbonyl (C=O) groups is 2. The summed E-state index contributed by atoms with van der Waals surface area (Å²) in [5.41, 5.74) is 19.1. The van der Waals surface area contributed by atoms with Crippen LogP contribution in [0.4, 0.5) is 0 Å². The van der Waals surface area contributed by atoms with Crippen molar-refractivity contribution >= 4 is 33.2 Å². The van der Waals surface area contributed by atoms with Crippen LogP contribution in [0, 0.1) is 28.6 Å². The van der Waals surface area contributed by atoms with Gasteiger partial charge in [0, 0.05) is 70.7 Å². The van der Waals surface area contributed by atoms with Gasteiger partial charge in [-0.15, -0.1) is 0 Å². The molecule has 8 rings (SSSR count). The number of aromatic amines is 1. The zero-order valence-corrected chi connectivity index (χ0v) is 37.5.